The number of aromatic hydroxyl groups is 2. The lowest BCUT2D eigenvalue weighted by Gasteiger charge is -2.37. The van der Waals surface area contributed by atoms with E-state index < -0.39 is 11.9 Å². The Morgan fingerprint density at radius 3 is 2.57 bits per heavy atom. The van der Waals surface area contributed by atoms with Crippen LogP contribution in [0.2, 0.25) is 0 Å². The maximum Gasteiger partial charge on any atom is 0.165 e. The molecular weight excluding hydrogens is 452 g/mol. The number of benzene rings is 3. The van der Waals surface area contributed by atoms with E-state index in [1.54, 1.807) is 48.5 Å². The molecule has 5 rings (SSSR count). The molecular formula is C28H27F2NO4. The van der Waals surface area contributed by atoms with E-state index in [1.165, 1.54) is 6.07 Å². The quantitative estimate of drug-likeness (QED) is 0.463. The minimum absolute atomic E-state index is 0.104. The highest BCUT2D eigenvalue weighted by Gasteiger charge is 2.30. The number of allylic oxidation sites excluding steroid dienone is 1. The van der Waals surface area contributed by atoms with Crippen LogP contribution >= 0.6 is 0 Å². The van der Waals surface area contributed by atoms with Crippen molar-refractivity contribution in [3.63, 3.8) is 0 Å². The minimum Gasteiger partial charge on any atom is -0.508 e. The van der Waals surface area contributed by atoms with Gasteiger partial charge in [0.2, 0.25) is 0 Å². The second-order valence-electron chi connectivity index (χ2n) is 9.09. The van der Waals surface area contributed by atoms with Gasteiger partial charge in [0, 0.05) is 42.3 Å². The standard InChI is InChI=1S/C28H27F2NO4/c1-17-23-13-22(33)6-8-25(23)35-28(27(17)19-3-2-4-21(32)11-19)20-5-7-26(24(30)12-20)34-10-9-31-15-18(14-29)16-31/h2-8,11-13,18,28,32-33H,9-10,14-16H2,1H3. The molecule has 182 valence electrons. The summed E-state index contributed by atoms with van der Waals surface area (Å²) in [4.78, 5) is 2.08. The van der Waals surface area contributed by atoms with E-state index in [0.29, 0.717) is 37.6 Å². The van der Waals surface area contributed by atoms with Crippen molar-refractivity contribution >= 4 is 11.1 Å². The van der Waals surface area contributed by atoms with Crippen LogP contribution in [-0.4, -0.2) is 48.0 Å². The molecule has 2 aliphatic heterocycles. The number of ether oxygens (including phenoxy) is 2. The predicted octanol–water partition coefficient (Wildman–Crippen LogP) is 5.58. The molecule has 2 aliphatic rings. The van der Waals surface area contributed by atoms with E-state index in [0.717, 1.165) is 22.3 Å². The summed E-state index contributed by atoms with van der Waals surface area (Å²) < 4.78 is 39.6. The first-order chi connectivity index (χ1) is 16.9. The first kappa shape index (κ1) is 23.2. The Bertz CT molecular complexity index is 1270. The lowest BCUT2D eigenvalue weighted by atomic mass is 9.86. The van der Waals surface area contributed by atoms with Crippen molar-refractivity contribution in [2.75, 3.05) is 32.9 Å². The van der Waals surface area contributed by atoms with Crippen molar-refractivity contribution in [3.8, 4) is 23.0 Å². The molecule has 1 atom stereocenters. The summed E-state index contributed by atoms with van der Waals surface area (Å²) in [5.41, 5.74) is 3.70. The molecule has 5 nitrogen and oxygen atoms in total. The molecule has 1 saturated heterocycles. The van der Waals surface area contributed by atoms with Crippen molar-refractivity contribution in [3.05, 3.63) is 83.2 Å². The van der Waals surface area contributed by atoms with Gasteiger partial charge in [-0.15, -0.1) is 0 Å². The van der Waals surface area contributed by atoms with Crippen LogP contribution in [-0.2, 0) is 0 Å². The zero-order valence-electron chi connectivity index (χ0n) is 19.4. The minimum atomic E-state index is -0.629. The Hall–Kier alpha value is -3.58. The smallest absolute Gasteiger partial charge is 0.165 e. The summed E-state index contributed by atoms with van der Waals surface area (Å²) in [5, 5.41) is 20.1. The molecule has 1 unspecified atom stereocenters. The summed E-state index contributed by atoms with van der Waals surface area (Å²) in [6, 6.07) is 16.5. The molecule has 0 radical (unpaired) electrons. The lowest BCUT2D eigenvalue weighted by Crippen LogP contribution is -2.49. The highest BCUT2D eigenvalue weighted by Crippen LogP contribution is 2.48. The Labute approximate surface area is 202 Å². The summed E-state index contributed by atoms with van der Waals surface area (Å²) >= 11 is 0. The van der Waals surface area contributed by atoms with Gasteiger partial charge in [-0.2, -0.15) is 0 Å². The Morgan fingerprint density at radius 1 is 1.03 bits per heavy atom. The van der Waals surface area contributed by atoms with Gasteiger partial charge in [0.1, 0.15) is 30.0 Å². The van der Waals surface area contributed by atoms with Gasteiger partial charge in [0.25, 0.3) is 0 Å². The zero-order valence-corrected chi connectivity index (χ0v) is 19.4. The van der Waals surface area contributed by atoms with Gasteiger partial charge in [0.05, 0.1) is 6.67 Å². The summed E-state index contributed by atoms with van der Waals surface area (Å²) in [7, 11) is 0. The normalized spacial score (nSPS) is 18.1. The van der Waals surface area contributed by atoms with Crippen LogP contribution in [0.5, 0.6) is 23.0 Å². The number of alkyl halides is 1. The first-order valence-electron chi connectivity index (χ1n) is 11.6. The third kappa shape index (κ3) is 4.68. The van der Waals surface area contributed by atoms with Gasteiger partial charge < -0.3 is 19.7 Å². The molecule has 3 aromatic carbocycles. The van der Waals surface area contributed by atoms with E-state index >= 15 is 4.39 Å². The van der Waals surface area contributed by atoms with Gasteiger partial charge in [-0.3, -0.25) is 9.29 Å². The number of phenols is 2. The van der Waals surface area contributed by atoms with Crippen LogP contribution in [0.1, 0.15) is 29.7 Å². The van der Waals surface area contributed by atoms with Crippen LogP contribution in [0.3, 0.4) is 0 Å². The molecule has 35 heavy (non-hydrogen) atoms. The number of rotatable bonds is 7. The van der Waals surface area contributed by atoms with Crippen LogP contribution in [0.4, 0.5) is 8.78 Å². The number of fused-ring (bicyclic) bond motifs is 1. The number of likely N-dealkylation sites (tertiary alicyclic amines) is 1. The van der Waals surface area contributed by atoms with Crippen LogP contribution < -0.4 is 9.47 Å². The van der Waals surface area contributed by atoms with Crippen molar-refractivity contribution in [2.24, 2.45) is 5.92 Å². The van der Waals surface area contributed by atoms with Gasteiger partial charge in [-0.1, -0.05) is 18.2 Å². The first-order valence-corrected chi connectivity index (χ1v) is 11.6. The number of halogens is 2. The fraction of sp³-hybridized carbons (Fsp3) is 0.286. The van der Waals surface area contributed by atoms with Gasteiger partial charge in [0.15, 0.2) is 11.6 Å². The molecule has 0 aromatic heterocycles. The van der Waals surface area contributed by atoms with Crippen molar-refractivity contribution in [2.45, 2.75) is 13.0 Å². The lowest BCUT2D eigenvalue weighted by molar-refractivity contribution is 0.0662. The van der Waals surface area contributed by atoms with Crippen molar-refractivity contribution < 1.29 is 28.5 Å². The molecule has 0 bridgehead atoms. The number of hydrogen-bond donors (Lipinski definition) is 2. The van der Waals surface area contributed by atoms with Gasteiger partial charge in [-0.25, -0.2) is 4.39 Å². The van der Waals surface area contributed by atoms with Crippen LogP contribution in [0.15, 0.2) is 60.7 Å². The topological polar surface area (TPSA) is 62.2 Å². The second kappa shape index (κ2) is 9.58. The highest BCUT2D eigenvalue weighted by atomic mass is 19.1. The third-order valence-corrected chi connectivity index (χ3v) is 6.61. The molecule has 2 heterocycles. The average molecular weight is 480 g/mol. The Balaban J connectivity index is 1.42. The molecule has 2 N–H and O–H groups in total. The Morgan fingerprint density at radius 2 is 1.83 bits per heavy atom. The van der Waals surface area contributed by atoms with E-state index in [2.05, 4.69) is 4.90 Å². The van der Waals surface area contributed by atoms with E-state index in [-0.39, 0.29) is 29.8 Å². The molecule has 7 heteroatoms. The maximum atomic E-state index is 15.0. The Kier molecular flexibility index (Phi) is 6.34. The van der Waals surface area contributed by atoms with Crippen molar-refractivity contribution in [1.82, 2.24) is 4.90 Å². The van der Waals surface area contributed by atoms with Gasteiger partial charge in [-0.05, 0) is 60.5 Å². The average Bonchev–Trinajstić information content (AvgIpc) is 2.81. The molecule has 0 spiro atoms. The fourth-order valence-corrected chi connectivity index (χ4v) is 4.76. The van der Waals surface area contributed by atoms with Crippen molar-refractivity contribution in [1.29, 1.82) is 0 Å². The second-order valence-corrected chi connectivity index (χ2v) is 9.09. The largest absolute Gasteiger partial charge is 0.508 e. The summed E-state index contributed by atoms with van der Waals surface area (Å²) in [6.45, 7) is 3.98. The molecule has 0 saturated carbocycles. The van der Waals surface area contributed by atoms with Crippen LogP contribution in [0.25, 0.3) is 11.1 Å². The third-order valence-electron chi connectivity index (χ3n) is 6.61. The van der Waals surface area contributed by atoms with E-state index in [9.17, 15) is 14.6 Å². The predicted molar refractivity (Wildman–Crippen MR) is 130 cm³/mol. The molecule has 0 aliphatic carbocycles. The zero-order chi connectivity index (χ0) is 24.5. The SMILES string of the molecule is CC1=C(c2cccc(O)c2)C(c2ccc(OCCN3CC(CF)C3)c(F)c2)Oc2ccc(O)cc21. The summed E-state index contributed by atoms with van der Waals surface area (Å²) in [5.74, 6) is 0.561. The number of phenolic OH excluding ortho intramolecular Hbond substituents is 2. The summed E-state index contributed by atoms with van der Waals surface area (Å²) in [6.07, 6.45) is -0.629. The highest BCUT2D eigenvalue weighted by molar-refractivity contribution is 5.95. The molecule has 1 fully saturated rings. The maximum absolute atomic E-state index is 15.0. The van der Waals surface area contributed by atoms with Crippen LogP contribution in [0, 0.1) is 11.7 Å². The van der Waals surface area contributed by atoms with E-state index in [1.807, 2.05) is 13.0 Å². The fourth-order valence-electron chi connectivity index (χ4n) is 4.76. The number of nitrogens with zero attached hydrogens (tertiary/aromatic N) is 1. The molecule has 3 aromatic rings. The molecule has 0 amide bonds. The number of hydrogen-bond acceptors (Lipinski definition) is 5. The van der Waals surface area contributed by atoms with E-state index in [4.69, 9.17) is 9.47 Å². The monoisotopic (exact) mass is 479 g/mol. The van der Waals surface area contributed by atoms with Gasteiger partial charge >= 0.3 is 0 Å².